The fourth-order valence-electron chi connectivity index (χ4n) is 1.69. The zero-order valence-corrected chi connectivity index (χ0v) is 11.4. The third kappa shape index (κ3) is 4.26. The Hall–Kier alpha value is -2.48. The second-order valence-corrected chi connectivity index (χ2v) is 4.30. The molecule has 2 rings (SSSR count). The van der Waals surface area contributed by atoms with Crippen LogP contribution in [0.15, 0.2) is 41.1 Å². The van der Waals surface area contributed by atoms with Crippen molar-refractivity contribution in [3.8, 4) is 5.88 Å². The van der Waals surface area contributed by atoms with Gasteiger partial charge < -0.3 is 19.6 Å². The fourth-order valence-corrected chi connectivity index (χ4v) is 1.69. The smallest absolute Gasteiger partial charge is 0.272 e. The molecule has 0 spiro atoms. The van der Waals surface area contributed by atoms with Crippen LogP contribution in [0.25, 0.3) is 0 Å². The number of hydrogen-bond acceptors (Lipinski definition) is 5. The zero-order valence-electron chi connectivity index (χ0n) is 11.4. The number of carbonyl (C=O) groups is 1. The minimum Gasteiger partial charge on any atom is -0.471 e. The highest BCUT2D eigenvalue weighted by Gasteiger charge is 2.17. The Morgan fingerprint density at radius 3 is 2.91 bits per heavy atom. The Labute approximate surface area is 124 Å². The third-order valence-electron chi connectivity index (χ3n) is 2.69. The summed E-state index contributed by atoms with van der Waals surface area (Å²) in [7, 11) is 0. The standard InChI is InChI=1S/C14H14F2N2O4/c15-12(16)8-22-14-9(3-1-5-17-14)13(20)18-7-10(19)11-4-2-6-21-11/h1-6,10,12,19H,7-8H2,(H,18,20). The van der Waals surface area contributed by atoms with Crippen LogP contribution >= 0.6 is 0 Å². The van der Waals surface area contributed by atoms with Crippen molar-refractivity contribution in [1.29, 1.82) is 0 Å². The van der Waals surface area contributed by atoms with Gasteiger partial charge in [-0.1, -0.05) is 0 Å². The molecule has 22 heavy (non-hydrogen) atoms. The fraction of sp³-hybridized carbons (Fsp3) is 0.286. The van der Waals surface area contributed by atoms with Gasteiger partial charge in [-0.15, -0.1) is 0 Å². The first kappa shape index (κ1) is 15.9. The van der Waals surface area contributed by atoms with Gasteiger partial charge in [-0.3, -0.25) is 4.79 Å². The number of aliphatic hydroxyl groups excluding tert-OH is 1. The molecule has 8 heteroatoms. The number of ether oxygens (including phenoxy) is 1. The van der Waals surface area contributed by atoms with Crippen LogP contribution in [0.5, 0.6) is 5.88 Å². The van der Waals surface area contributed by atoms with Gasteiger partial charge in [0.1, 0.15) is 17.4 Å². The molecule has 2 aromatic rings. The summed E-state index contributed by atoms with van der Waals surface area (Å²) in [6, 6.07) is 6.05. The van der Waals surface area contributed by atoms with E-state index in [4.69, 9.17) is 9.15 Å². The molecule has 118 valence electrons. The first-order valence-corrected chi connectivity index (χ1v) is 6.43. The number of nitrogens with zero attached hydrogens (tertiary/aromatic N) is 1. The Kier molecular flexibility index (Phi) is 5.42. The van der Waals surface area contributed by atoms with E-state index in [1.54, 1.807) is 12.1 Å². The number of pyridine rings is 1. The number of halogens is 2. The molecule has 0 saturated heterocycles. The summed E-state index contributed by atoms with van der Waals surface area (Å²) in [5.74, 6) is -0.476. The number of aliphatic hydroxyl groups is 1. The molecule has 0 fully saturated rings. The summed E-state index contributed by atoms with van der Waals surface area (Å²) < 4.78 is 34.1. The minimum atomic E-state index is -2.67. The molecule has 0 radical (unpaired) electrons. The molecule has 2 N–H and O–H groups in total. The molecule has 0 bridgehead atoms. The zero-order chi connectivity index (χ0) is 15.9. The van der Waals surface area contributed by atoms with Crippen molar-refractivity contribution in [2.75, 3.05) is 13.2 Å². The van der Waals surface area contributed by atoms with Crippen LogP contribution in [0.4, 0.5) is 8.78 Å². The van der Waals surface area contributed by atoms with Crippen LogP contribution < -0.4 is 10.1 Å². The van der Waals surface area contributed by atoms with E-state index in [0.29, 0.717) is 5.76 Å². The minimum absolute atomic E-state index is 0.00907. The maximum atomic E-state index is 12.2. The van der Waals surface area contributed by atoms with Crippen LogP contribution in [0.2, 0.25) is 0 Å². The molecule has 1 unspecified atom stereocenters. The molecule has 0 aliphatic carbocycles. The summed E-state index contributed by atoms with van der Waals surface area (Å²) in [6.07, 6.45) is -0.952. The number of hydrogen-bond donors (Lipinski definition) is 2. The van der Waals surface area contributed by atoms with Gasteiger partial charge in [-0.2, -0.15) is 0 Å². The first-order valence-electron chi connectivity index (χ1n) is 6.43. The van der Waals surface area contributed by atoms with Crippen molar-refractivity contribution < 1.29 is 27.8 Å². The predicted molar refractivity (Wildman–Crippen MR) is 71.7 cm³/mol. The van der Waals surface area contributed by atoms with E-state index < -0.39 is 25.0 Å². The first-order chi connectivity index (χ1) is 10.6. The quantitative estimate of drug-likeness (QED) is 0.814. The van der Waals surface area contributed by atoms with Gasteiger partial charge in [0.2, 0.25) is 5.88 Å². The molecule has 2 aromatic heterocycles. The number of furan rings is 1. The van der Waals surface area contributed by atoms with Crippen LogP contribution in [0.1, 0.15) is 22.2 Å². The van der Waals surface area contributed by atoms with Gasteiger partial charge >= 0.3 is 0 Å². The lowest BCUT2D eigenvalue weighted by Crippen LogP contribution is -2.29. The summed E-state index contributed by atoms with van der Waals surface area (Å²) in [6.45, 7) is -0.957. The monoisotopic (exact) mass is 312 g/mol. The molecule has 6 nitrogen and oxygen atoms in total. The van der Waals surface area contributed by atoms with Gasteiger partial charge in [0.25, 0.3) is 12.3 Å². The predicted octanol–water partition coefficient (Wildman–Crippen LogP) is 1.78. The molecule has 1 amide bonds. The number of alkyl halides is 2. The van der Waals surface area contributed by atoms with Crippen molar-refractivity contribution in [3.05, 3.63) is 48.0 Å². The third-order valence-corrected chi connectivity index (χ3v) is 2.69. The van der Waals surface area contributed by atoms with Crippen molar-refractivity contribution in [1.82, 2.24) is 10.3 Å². The maximum absolute atomic E-state index is 12.2. The highest BCUT2D eigenvalue weighted by molar-refractivity contribution is 5.96. The second kappa shape index (κ2) is 7.51. The van der Waals surface area contributed by atoms with Crippen LogP contribution in [0, 0.1) is 0 Å². The largest absolute Gasteiger partial charge is 0.471 e. The molecule has 0 saturated carbocycles. The molecular formula is C14H14F2N2O4. The normalized spacial score (nSPS) is 12.2. The van der Waals surface area contributed by atoms with E-state index in [1.165, 1.54) is 24.6 Å². The van der Waals surface area contributed by atoms with Gasteiger partial charge in [0.15, 0.2) is 6.61 Å². The highest BCUT2D eigenvalue weighted by atomic mass is 19.3. The summed E-state index contributed by atoms with van der Waals surface area (Å²) in [5, 5.41) is 12.3. The molecule has 0 aromatic carbocycles. The van der Waals surface area contributed by atoms with E-state index in [0.717, 1.165) is 0 Å². The van der Waals surface area contributed by atoms with E-state index in [-0.39, 0.29) is 18.0 Å². The van der Waals surface area contributed by atoms with Crippen LogP contribution in [-0.2, 0) is 0 Å². The molecule has 0 aliphatic rings. The van der Waals surface area contributed by atoms with Gasteiger partial charge in [-0.25, -0.2) is 13.8 Å². The number of rotatable bonds is 7. The van der Waals surface area contributed by atoms with Crippen molar-refractivity contribution in [2.45, 2.75) is 12.5 Å². The molecule has 0 aliphatic heterocycles. The maximum Gasteiger partial charge on any atom is 0.272 e. The summed E-state index contributed by atoms with van der Waals surface area (Å²) in [4.78, 5) is 15.8. The molecular weight excluding hydrogens is 298 g/mol. The highest BCUT2D eigenvalue weighted by Crippen LogP contribution is 2.16. The van der Waals surface area contributed by atoms with Gasteiger partial charge in [0.05, 0.1) is 12.8 Å². The molecule has 1 atom stereocenters. The number of amides is 1. The van der Waals surface area contributed by atoms with Gasteiger partial charge in [0, 0.05) is 6.20 Å². The average Bonchev–Trinajstić information content (AvgIpc) is 3.05. The number of aromatic nitrogens is 1. The van der Waals surface area contributed by atoms with Gasteiger partial charge in [-0.05, 0) is 24.3 Å². The van der Waals surface area contributed by atoms with Crippen molar-refractivity contribution in [3.63, 3.8) is 0 Å². The Morgan fingerprint density at radius 2 is 2.23 bits per heavy atom. The van der Waals surface area contributed by atoms with Crippen LogP contribution in [0.3, 0.4) is 0 Å². The summed E-state index contributed by atoms with van der Waals surface area (Å²) in [5.41, 5.74) is 0.00907. The number of carbonyl (C=O) groups excluding carboxylic acids is 1. The van der Waals surface area contributed by atoms with Crippen molar-refractivity contribution >= 4 is 5.91 Å². The van der Waals surface area contributed by atoms with E-state index in [1.807, 2.05) is 0 Å². The lowest BCUT2D eigenvalue weighted by molar-refractivity contribution is 0.0766. The Bertz CT molecular complexity index is 605. The Morgan fingerprint density at radius 1 is 1.41 bits per heavy atom. The summed E-state index contributed by atoms with van der Waals surface area (Å²) >= 11 is 0. The molecule has 2 heterocycles. The second-order valence-electron chi connectivity index (χ2n) is 4.30. The topological polar surface area (TPSA) is 84.6 Å². The van der Waals surface area contributed by atoms with E-state index >= 15 is 0 Å². The Balaban J connectivity index is 1.97. The van der Waals surface area contributed by atoms with Crippen LogP contribution in [-0.4, -0.2) is 35.6 Å². The van der Waals surface area contributed by atoms with Crippen molar-refractivity contribution in [2.24, 2.45) is 0 Å². The lowest BCUT2D eigenvalue weighted by atomic mass is 10.2. The average molecular weight is 312 g/mol. The lowest BCUT2D eigenvalue weighted by Gasteiger charge is -2.12. The van der Waals surface area contributed by atoms with E-state index in [9.17, 15) is 18.7 Å². The SMILES string of the molecule is O=C(NCC(O)c1ccco1)c1cccnc1OCC(F)F. The number of nitrogens with one attached hydrogen (secondary N) is 1. The van der Waals surface area contributed by atoms with E-state index in [2.05, 4.69) is 10.3 Å².